The average Bonchev–Trinajstić information content (AvgIpc) is 3.46. The van der Waals surface area contributed by atoms with E-state index in [0.717, 1.165) is 29.4 Å². The van der Waals surface area contributed by atoms with Gasteiger partial charge in [0.25, 0.3) is 11.8 Å². The van der Waals surface area contributed by atoms with Gasteiger partial charge in [-0.05, 0) is 37.0 Å². The van der Waals surface area contributed by atoms with Gasteiger partial charge in [-0.2, -0.15) is 0 Å². The minimum atomic E-state index is -0.559. The molecule has 3 aliphatic rings. The summed E-state index contributed by atoms with van der Waals surface area (Å²) in [6.45, 7) is -0.733. The van der Waals surface area contributed by atoms with Gasteiger partial charge in [0.05, 0.1) is 19.6 Å². The zero-order chi connectivity index (χ0) is 23.1. The number of fused-ring (bicyclic) bond motifs is 2. The van der Waals surface area contributed by atoms with Crippen molar-refractivity contribution >= 4 is 35.4 Å². The molecule has 1 aliphatic heterocycles. The van der Waals surface area contributed by atoms with E-state index in [9.17, 15) is 28.8 Å². The molecule has 0 aromatic rings. The van der Waals surface area contributed by atoms with Crippen LogP contribution < -0.4 is 21.3 Å². The van der Waals surface area contributed by atoms with Gasteiger partial charge in [0.1, 0.15) is 0 Å². The van der Waals surface area contributed by atoms with Crippen LogP contribution in [0.1, 0.15) is 32.1 Å². The van der Waals surface area contributed by atoms with Crippen molar-refractivity contribution in [3.8, 4) is 0 Å². The molecule has 2 aliphatic carbocycles. The summed E-state index contributed by atoms with van der Waals surface area (Å²) in [5.41, 5.74) is 0. The van der Waals surface area contributed by atoms with Crippen LogP contribution in [0.5, 0.6) is 0 Å². The lowest BCUT2D eigenvalue weighted by molar-refractivity contribution is -0.137. The molecule has 2 saturated carbocycles. The quantitative estimate of drug-likeness (QED) is 0.274. The molecule has 32 heavy (non-hydrogen) atoms. The van der Waals surface area contributed by atoms with E-state index >= 15 is 0 Å². The monoisotopic (exact) mass is 447 g/mol. The summed E-state index contributed by atoms with van der Waals surface area (Å²) in [4.78, 5) is 71.1. The lowest BCUT2D eigenvalue weighted by Gasteiger charge is -2.20. The van der Waals surface area contributed by atoms with Crippen LogP contribution in [0.25, 0.3) is 0 Å². The molecule has 1 heterocycles. The first-order valence-electron chi connectivity index (χ1n) is 10.9. The van der Waals surface area contributed by atoms with E-state index < -0.39 is 29.5 Å². The highest BCUT2D eigenvalue weighted by atomic mass is 16.2. The van der Waals surface area contributed by atoms with Crippen LogP contribution in [-0.2, 0) is 28.8 Å². The molecule has 0 aromatic carbocycles. The highest BCUT2D eigenvalue weighted by Crippen LogP contribution is 2.49. The van der Waals surface area contributed by atoms with E-state index in [4.69, 9.17) is 0 Å². The van der Waals surface area contributed by atoms with E-state index in [1.54, 1.807) is 0 Å². The Morgan fingerprint density at radius 3 is 1.88 bits per heavy atom. The fraction of sp³-hybridized carbons (Fsp3) is 0.619. The van der Waals surface area contributed by atoms with Gasteiger partial charge in [-0.25, -0.2) is 0 Å². The van der Waals surface area contributed by atoms with Gasteiger partial charge < -0.3 is 21.3 Å². The molecule has 3 unspecified atom stereocenters. The second kappa shape index (κ2) is 10.9. The van der Waals surface area contributed by atoms with E-state index in [1.165, 1.54) is 19.3 Å². The first-order chi connectivity index (χ1) is 15.3. The van der Waals surface area contributed by atoms with E-state index in [-0.39, 0.29) is 38.6 Å². The molecule has 4 N–H and O–H groups in total. The Balaban J connectivity index is 1.20. The number of amides is 6. The molecular formula is C21H29N5O6. The van der Waals surface area contributed by atoms with Gasteiger partial charge in [0, 0.05) is 31.7 Å². The van der Waals surface area contributed by atoms with E-state index in [2.05, 4.69) is 21.3 Å². The highest BCUT2D eigenvalue weighted by molar-refractivity contribution is 6.12. The van der Waals surface area contributed by atoms with Crippen LogP contribution in [0.2, 0.25) is 0 Å². The number of hydrogen-bond acceptors (Lipinski definition) is 6. The second-order valence-corrected chi connectivity index (χ2v) is 8.48. The maximum atomic E-state index is 12.0. The Morgan fingerprint density at radius 2 is 1.34 bits per heavy atom. The summed E-state index contributed by atoms with van der Waals surface area (Å²) >= 11 is 0. The largest absolute Gasteiger partial charge is 0.353 e. The number of nitrogens with one attached hydrogen (secondary N) is 4. The fourth-order valence-electron chi connectivity index (χ4n) is 4.62. The standard InChI is InChI=1S/C21H29N5O6/c27-16(9-15-8-13-1-2-14(15)7-13)23-11-18(29)25-12-19(30)24-10-17(28)22-5-6-26-20(31)3-4-21(26)32/h3-4,13-15H,1-2,5-12H2,(H,22,28)(H,23,27)(H,24,30)(H,25,29). The van der Waals surface area contributed by atoms with Crippen molar-refractivity contribution in [3.63, 3.8) is 0 Å². The molecule has 0 aromatic heterocycles. The van der Waals surface area contributed by atoms with Gasteiger partial charge in [-0.1, -0.05) is 6.42 Å². The van der Waals surface area contributed by atoms with Crippen molar-refractivity contribution < 1.29 is 28.8 Å². The molecular weight excluding hydrogens is 418 g/mol. The third kappa shape index (κ3) is 6.63. The Bertz CT molecular complexity index is 807. The fourth-order valence-corrected chi connectivity index (χ4v) is 4.62. The van der Waals surface area contributed by atoms with Gasteiger partial charge in [0.15, 0.2) is 0 Å². The molecule has 2 fully saturated rings. The third-order valence-electron chi connectivity index (χ3n) is 6.23. The van der Waals surface area contributed by atoms with Crippen LogP contribution in [0.15, 0.2) is 12.2 Å². The summed E-state index contributed by atoms with van der Waals surface area (Å²) in [6.07, 6.45) is 7.55. The van der Waals surface area contributed by atoms with Crippen LogP contribution >= 0.6 is 0 Å². The molecule has 3 rings (SSSR count). The summed E-state index contributed by atoms with van der Waals surface area (Å²) in [6, 6.07) is 0. The maximum absolute atomic E-state index is 12.0. The van der Waals surface area contributed by atoms with Crippen molar-refractivity contribution in [3.05, 3.63) is 12.2 Å². The topological polar surface area (TPSA) is 154 Å². The van der Waals surface area contributed by atoms with Crippen molar-refractivity contribution in [2.24, 2.45) is 17.8 Å². The predicted molar refractivity (Wildman–Crippen MR) is 111 cm³/mol. The lowest BCUT2D eigenvalue weighted by Crippen LogP contribution is -2.45. The van der Waals surface area contributed by atoms with E-state index in [0.29, 0.717) is 18.3 Å². The third-order valence-corrected chi connectivity index (χ3v) is 6.23. The van der Waals surface area contributed by atoms with Gasteiger partial charge in [-0.3, -0.25) is 33.7 Å². The SMILES string of the molecule is O=C(CNC(=O)CNC(=O)CNC(=O)CC1CC2CCC1C2)NCCN1C(=O)C=CC1=O. The Hall–Kier alpha value is -3.24. The molecule has 6 amide bonds. The highest BCUT2D eigenvalue weighted by Gasteiger charge is 2.40. The minimum absolute atomic E-state index is 0.0358. The summed E-state index contributed by atoms with van der Waals surface area (Å²) in [5.74, 6) is -0.737. The van der Waals surface area contributed by atoms with Crippen LogP contribution in [0, 0.1) is 17.8 Å². The lowest BCUT2D eigenvalue weighted by atomic mass is 9.86. The molecule has 0 radical (unpaired) electrons. The Kier molecular flexibility index (Phi) is 7.96. The van der Waals surface area contributed by atoms with Gasteiger partial charge in [0.2, 0.25) is 23.6 Å². The molecule has 2 bridgehead atoms. The maximum Gasteiger partial charge on any atom is 0.253 e. The first kappa shape index (κ1) is 23.4. The number of carbonyl (C=O) groups is 6. The first-order valence-corrected chi connectivity index (χ1v) is 10.9. The van der Waals surface area contributed by atoms with Crippen LogP contribution in [0.4, 0.5) is 0 Å². The molecule has 11 heteroatoms. The summed E-state index contributed by atoms with van der Waals surface area (Å²) in [7, 11) is 0. The zero-order valence-corrected chi connectivity index (χ0v) is 17.9. The zero-order valence-electron chi connectivity index (χ0n) is 17.9. The Morgan fingerprint density at radius 1 is 0.781 bits per heavy atom. The number of imide groups is 1. The van der Waals surface area contributed by atoms with Crippen molar-refractivity contribution in [2.75, 3.05) is 32.7 Å². The molecule has 3 atom stereocenters. The molecule has 174 valence electrons. The minimum Gasteiger partial charge on any atom is -0.353 e. The molecule has 0 spiro atoms. The normalized spacial score (nSPS) is 23.4. The number of hydrogen-bond donors (Lipinski definition) is 4. The van der Waals surface area contributed by atoms with Gasteiger partial charge in [-0.15, -0.1) is 0 Å². The van der Waals surface area contributed by atoms with Gasteiger partial charge >= 0.3 is 0 Å². The smallest absolute Gasteiger partial charge is 0.253 e. The van der Waals surface area contributed by atoms with Crippen molar-refractivity contribution in [2.45, 2.75) is 32.1 Å². The Labute approximate surface area is 185 Å². The average molecular weight is 447 g/mol. The second-order valence-electron chi connectivity index (χ2n) is 8.48. The van der Waals surface area contributed by atoms with E-state index in [1.807, 2.05) is 0 Å². The summed E-state index contributed by atoms with van der Waals surface area (Å²) in [5, 5.41) is 9.81. The molecule has 0 saturated heterocycles. The molecule has 11 nitrogen and oxygen atoms in total. The van der Waals surface area contributed by atoms with Crippen LogP contribution in [0.3, 0.4) is 0 Å². The summed E-state index contributed by atoms with van der Waals surface area (Å²) < 4.78 is 0. The number of carbonyl (C=O) groups excluding carboxylic acids is 6. The number of rotatable bonds is 11. The van der Waals surface area contributed by atoms with Crippen molar-refractivity contribution in [1.82, 2.24) is 26.2 Å². The van der Waals surface area contributed by atoms with Crippen molar-refractivity contribution in [1.29, 1.82) is 0 Å². The number of nitrogens with zero attached hydrogens (tertiary/aromatic N) is 1. The predicted octanol–water partition coefficient (Wildman–Crippen LogP) is -1.80. The van der Waals surface area contributed by atoms with Crippen LogP contribution in [-0.4, -0.2) is 73.1 Å².